The first-order valence-electron chi connectivity index (χ1n) is 12.1. The van der Waals surface area contributed by atoms with Gasteiger partial charge in [0.2, 0.25) is 5.91 Å². The summed E-state index contributed by atoms with van der Waals surface area (Å²) in [7, 11) is 0. The minimum Gasteiger partial charge on any atom is -0.330 e. The summed E-state index contributed by atoms with van der Waals surface area (Å²) in [6.45, 7) is 1.66. The number of hydrogen-bond donors (Lipinski definition) is 0. The summed E-state index contributed by atoms with van der Waals surface area (Å²) in [4.78, 5) is 30.0. The van der Waals surface area contributed by atoms with Crippen molar-refractivity contribution in [3.05, 3.63) is 143 Å². The van der Waals surface area contributed by atoms with E-state index in [1.165, 1.54) is 0 Å². The van der Waals surface area contributed by atoms with Crippen molar-refractivity contribution in [2.24, 2.45) is 0 Å². The third-order valence-corrected chi connectivity index (χ3v) is 7.58. The van der Waals surface area contributed by atoms with Gasteiger partial charge in [0.15, 0.2) is 0 Å². The second-order valence-electron chi connectivity index (χ2n) is 8.93. The molecule has 0 spiro atoms. The van der Waals surface area contributed by atoms with Crippen LogP contribution in [0.15, 0.2) is 115 Å². The van der Waals surface area contributed by atoms with E-state index < -0.39 is 0 Å². The van der Waals surface area contributed by atoms with Gasteiger partial charge in [-0.05, 0) is 34.4 Å². The van der Waals surface area contributed by atoms with Crippen molar-refractivity contribution >= 4 is 23.6 Å². The molecule has 0 aromatic heterocycles. The first kappa shape index (κ1) is 23.9. The first-order valence-corrected chi connectivity index (χ1v) is 13.1. The predicted octanol–water partition coefficient (Wildman–Crippen LogP) is 6.30. The highest BCUT2D eigenvalue weighted by Crippen LogP contribution is 2.39. The van der Waals surface area contributed by atoms with Gasteiger partial charge < -0.3 is 9.80 Å². The van der Waals surface area contributed by atoms with Crippen LogP contribution in [0.3, 0.4) is 0 Å². The highest BCUT2D eigenvalue weighted by molar-refractivity contribution is 8.00. The van der Waals surface area contributed by atoms with E-state index in [9.17, 15) is 9.59 Å². The van der Waals surface area contributed by atoms with Gasteiger partial charge in [-0.2, -0.15) is 0 Å². The molecule has 1 heterocycles. The van der Waals surface area contributed by atoms with Gasteiger partial charge in [-0.1, -0.05) is 103 Å². The van der Waals surface area contributed by atoms with Crippen LogP contribution >= 0.6 is 11.8 Å². The van der Waals surface area contributed by atoms with Gasteiger partial charge in [-0.3, -0.25) is 9.59 Å². The second-order valence-corrected chi connectivity index (χ2v) is 9.99. The van der Waals surface area contributed by atoms with E-state index in [-0.39, 0.29) is 17.2 Å². The topological polar surface area (TPSA) is 40.6 Å². The fourth-order valence-corrected chi connectivity index (χ4v) is 5.65. The van der Waals surface area contributed by atoms with E-state index in [0.717, 1.165) is 22.3 Å². The highest BCUT2D eigenvalue weighted by Gasteiger charge is 2.32. The van der Waals surface area contributed by atoms with Gasteiger partial charge in [-0.15, -0.1) is 11.8 Å². The Morgan fingerprint density at radius 2 is 1.22 bits per heavy atom. The van der Waals surface area contributed by atoms with E-state index in [1.54, 1.807) is 11.8 Å². The highest BCUT2D eigenvalue weighted by atomic mass is 32.2. The van der Waals surface area contributed by atoms with E-state index in [4.69, 9.17) is 0 Å². The Hall–Kier alpha value is -3.83. The molecular weight excluding hydrogens is 464 g/mol. The van der Waals surface area contributed by atoms with Crippen LogP contribution in [0.25, 0.3) is 0 Å². The molecule has 1 saturated heterocycles. The van der Waals surface area contributed by atoms with Crippen LogP contribution in [0.4, 0.5) is 0 Å². The molecule has 0 N–H and O–H groups in total. The van der Waals surface area contributed by atoms with Crippen molar-refractivity contribution in [2.75, 3.05) is 5.75 Å². The zero-order valence-electron chi connectivity index (χ0n) is 20.0. The summed E-state index contributed by atoms with van der Waals surface area (Å²) < 4.78 is 0. The average Bonchev–Trinajstić information content (AvgIpc) is 3.29. The zero-order valence-corrected chi connectivity index (χ0v) is 20.8. The maximum absolute atomic E-state index is 13.6. The Labute approximate surface area is 216 Å². The number of thioether (sulfide) groups is 1. The predicted molar refractivity (Wildman–Crippen MR) is 145 cm³/mol. The van der Waals surface area contributed by atoms with Crippen LogP contribution in [0.5, 0.6) is 0 Å². The van der Waals surface area contributed by atoms with Gasteiger partial charge in [-0.25, -0.2) is 0 Å². The summed E-state index contributed by atoms with van der Waals surface area (Å²) in [6, 6.07) is 38.0. The summed E-state index contributed by atoms with van der Waals surface area (Å²) >= 11 is 1.64. The molecule has 36 heavy (non-hydrogen) atoms. The van der Waals surface area contributed by atoms with Crippen LogP contribution < -0.4 is 0 Å². The Balaban J connectivity index is 1.34. The summed E-state index contributed by atoms with van der Waals surface area (Å²) in [5.74, 6) is 0.608. The standard InChI is InChI=1S/C31H28N2O2S/c34-29-23-36-31(33(29)22-26-14-8-3-9-15-26)28-18-16-27(17-19-28)30(35)32(20-24-10-4-1-5-11-24)21-25-12-6-2-7-13-25/h1-19,31H,20-23H2/t31-/m1/s1. The number of amides is 2. The SMILES string of the molecule is O=C(c1ccc([C@H]2SCC(=O)N2Cc2ccccc2)cc1)N(Cc1ccccc1)Cc1ccccc1. The smallest absolute Gasteiger partial charge is 0.254 e. The molecule has 1 aliphatic rings. The number of nitrogens with zero attached hydrogens (tertiary/aromatic N) is 2. The lowest BCUT2D eigenvalue weighted by atomic mass is 10.1. The Morgan fingerprint density at radius 1 is 0.722 bits per heavy atom. The summed E-state index contributed by atoms with van der Waals surface area (Å²) in [5.41, 5.74) is 4.99. The Kier molecular flexibility index (Phi) is 7.48. The van der Waals surface area contributed by atoms with E-state index in [2.05, 4.69) is 0 Å². The molecule has 1 aliphatic heterocycles. The van der Waals surface area contributed by atoms with Crippen LogP contribution in [-0.2, 0) is 24.4 Å². The van der Waals surface area contributed by atoms with Gasteiger partial charge in [0.1, 0.15) is 5.37 Å². The molecular formula is C31H28N2O2S. The summed E-state index contributed by atoms with van der Waals surface area (Å²) in [6.07, 6.45) is 0. The third kappa shape index (κ3) is 5.69. The van der Waals surface area contributed by atoms with E-state index in [1.807, 2.05) is 125 Å². The number of carbonyl (C=O) groups is 2. The van der Waals surface area contributed by atoms with Gasteiger partial charge in [0.25, 0.3) is 5.91 Å². The van der Waals surface area contributed by atoms with Crippen molar-refractivity contribution in [1.29, 1.82) is 0 Å². The largest absolute Gasteiger partial charge is 0.330 e. The summed E-state index contributed by atoms with van der Waals surface area (Å²) in [5, 5.41) is -0.0494. The lowest BCUT2D eigenvalue weighted by Gasteiger charge is -2.25. The average molecular weight is 493 g/mol. The normalized spacial score (nSPS) is 15.2. The van der Waals surface area contributed by atoms with Gasteiger partial charge in [0.05, 0.1) is 5.75 Å². The monoisotopic (exact) mass is 492 g/mol. The lowest BCUT2D eigenvalue weighted by molar-refractivity contribution is -0.128. The molecule has 0 saturated carbocycles. The molecule has 0 aliphatic carbocycles. The number of carbonyl (C=O) groups excluding carboxylic acids is 2. The molecule has 0 unspecified atom stereocenters. The molecule has 4 nitrogen and oxygen atoms in total. The van der Waals surface area contributed by atoms with Crippen LogP contribution in [0.2, 0.25) is 0 Å². The second kappa shape index (κ2) is 11.3. The molecule has 2 amide bonds. The number of benzene rings is 4. The van der Waals surface area contributed by atoms with Crippen molar-refractivity contribution in [3.63, 3.8) is 0 Å². The van der Waals surface area contributed by atoms with Crippen LogP contribution in [-0.4, -0.2) is 27.4 Å². The molecule has 5 rings (SSSR count). The maximum atomic E-state index is 13.6. The molecule has 0 radical (unpaired) electrons. The maximum Gasteiger partial charge on any atom is 0.254 e. The first-order chi connectivity index (χ1) is 17.7. The van der Waals surface area contributed by atoms with Crippen LogP contribution in [0, 0.1) is 0 Å². The van der Waals surface area contributed by atoms with Crippen molar-refractivity contribution < 1.29 is 9.59 Å². The van der Waals surface area contributed by atoms with Crippen molar-refractivity contribution in [2.45, 2.75) is 25.0 Å². The number of rotatable bonds is 8. The van der Waals surface area contributed by atoms with Crippen molar-refractivity contribution in [3.8, 4) is 0 Å². The number of hydrogen-bond acceptors (Lipinski definition) is 3. The quantitative estimate of drug-likeness (QED) is 0.290. The van der Waals surface area contributed by atoms with Crippen LogP contribution in [0.1, 0.15) is 38.0 Å². The molecule has 5 heteroatoms. The Bertz CT molecular complexity index is 1250. The molecule has 180 valence electrons. The molecule has 0 bridgehead atoms. The van der Waals surface area contributed by atoms with Gasteiger partial charge in [0, 0.05) is 25.2 Å². The molecule has 1 atom stereocenters. The fourth-order valence-electron chi connectivity index (χ4n) is 4.46. The van der Waals surface area contributed by atoms with E-state index in [0.29, 0.717) is 31.0 Å². The lowest BCUT2D eigenvalue weighted by Crippen LogP contribution is -2.30. The molecule has 1 fully saturated rings. The third-order valence-electron chi connectivity index (χ3n) is 6.33. The minimum absolute atomic E-state index is 0.00875. The van der Waals surface area contributed by atoms with Gasteiger partial charge >= 0.3 is 0 Å². The minimum atomic E-state index is -0.0494. The molecule has 4 aromatic carbocycles. The Morgan fingerprint density at radius 3 is 1.75 bits per heavy atom. The zero-order chi connectivity index (χ0) is 24.7. The van der Waals surface area contributed by atoms with E-state index >= 15 is 0 Å². The molecule has 4 aromatic rings. The van der Waals surface area contributed by atoms with Crippen molar-refractivity contribution in [1.82, 2.24) is 9.80 Å². The fraction of sp³-hybridized carbons (Fsp3) is 0.161.